The fraction of sp³-hybridized carbons (Fsp3) is 0.125. The predicted molar refractivity (Wildman–Crippen MR) is 123 cm³/mol. The van der Waals surface area contributed by atoms with Crippen LogP contribution >= 0.6 is 34.8 Å². The van der Waals surface area contributed by atoms with Crippen LogP contribution in [0, 0.1) is 13.8 Å². The van der Waals surface area contributed by atoms with E-state index in [1.54, 1.807) is 30.3 Å². The molecular weight excluding hydrogens is 443 g/mol. The number of hydrogen-bond donors (Lipinski definition) is 0. The Bertz CT molecular complexity index is 1330. The van der Waals surface area contributed by atoms with Gasteiger partial charge in [0.15, 0.2) is 5.76 Å². The van der Waals surface area contributed by atoms with Crippen molar-refractivity contribution in [2.45, 2.75) is 20.5 Å². The monoisotopic (exact) mass is 458 g/mol. The molecule has 0 saturated heterocycles. The lowest BCUT2D eigenvalue weighted by Crippen LogP contribution is -2.11. The van der Waals surface area contributed by atoms with Crippen LogP contribution in [0.3, 0.4) is 0 Å². The van der Waals surface area contributed by atoms with E-state index in [2.05, 4.69) is 0 Å². The molecule has 0 saturated carbocycles. The lowest BCUT2D eigenvalue weighted by Gasteiger charge is -2.14. The Hall–Kier alpha value is -2.46. The minimum atomic E-state index is -0.256. The van der Waals surface area contributed by atoms with Crippen molar-refractivity contribution in [2.75, 3.05) is 0 Å². The predicted octanol–water partition coefficient (Wildman–Crippen LogP) is 7.62. The van der Waals surface area contributed by atoms with Crippen LogP contribution in [-0.4, -0.2) is 0 Å². The summed E-state index contributed by atoms with van der Waals surface area (Å²) in [6.07, 6.45) is 0. The second kappa shape index (κ2) is 8.35. The third-order valence-corrected chi connectivity index (χ3v) is 5.72. The SMILES string of the molecule is Cc1cc(C)c2c(=O)c(OCc3ccc(Cl)cc3Cl)c(-c3ccccc3Cl)oc2c1. The summed E-state index contributed by atoms with van der Waals surface area (Å²) in [6, 6.07) is 16.1. The topological polar surface area (TPSA) is 39.4 Å². The standard InChI is InChI=1S/C24H17Cl3O3/c1-13-9-14(2)21-20(10-13)30-23(17-5-3-4-6-18(17)26)24(22(21)28)29-12-15-7-8-16(25)11-19(15)27/h3-11H,12H2,1-2H3. The fourth-order valence-electron chi connectivity index (χ4n) is 3.42. The number of aryl methyl sites for hydroxylation is 2. The largest absolute Gasteiger partial charge is 0.481 e. The highest BCUT2D eigenvalue weighted by molar-refractivity contribution is 6.35. The van der Waals surface area contributed by atoms with Crippen LogP contribution < -0.4 is 10.2 Å². The number of rotatable bonds is 4. The summed E-state index contributed by atoms with van der Waals surface area (Å²) >= 11 is 18.6. The van der Waals surface area contributed by atoms with Gasteiger partial charge < -0.3 is 9.15 Å². The Morgan fingerprint density at radius 1 is 0.933 bits per heavy atom. The molecule has 3 nitrogen and oxygen atoms in total. The molecule has 0 unspecified atom stereocenters. The molecule has 0 atom stereocenters. The van der Waals surface area contributed by atoms with Gasteiger partial charge in [-0.05, 0) is 55.3 Å². The molecule has 4 rings (SSSR count). The smallest absolute Gasteiger partial charge is 0.235 e. The minimum Gasteiger partial charge on any atom is -0.481 e. The normalized spacial score (nSPS) is 11.1. The van der Waals surface area contributed by atoms with Crippen molar-refractivity contribution in [1.82, 2.24) is 0 Å². The molecule has 0 bridgehead atoms. The van der Waals surface area contributed by atoms with Crippen LogP contribution in [0.1, 0.15) is 16.7 Å². The zero-order valence-corrected chi connectivity index (χ0v) is 18.5. The molecular formula is C24H17Cl3O3. The first-order chi connectivity index (χ1) is 14.3. The zero-order valence-electron chi connectivity index (χ0n) is 16.3. The van der Waals surface area contributed by atoms with Crippen molar-refractivity contribution in [1.29, 1.82) is 0 Å². The molecule has 0 amide bonds. The van der Waals surface area contributed by atoms with E-state index in [9.17, 15) is 4.79 Å². The Morgan fingerprint density at radius 2 is 1.70 bits per heavy atom. The third kappa shape index (κ3) is 3.93. The van der Waals surface area contributed by atoms with Crippen LogP contribution in [0.5, 0.6) is 5.75 Å². The number of benzene rings is 3. The van der Waals surface area contributed by atoms with E-state index >= 15 is 0 Å². The van der Waals surface area contributed by atoms with Gasteiger partial charge in [-0.1, -0.05) is 59.1 Å². The van der Waals surface area contributed by atoms with Gasteiger partial charge in [0.2, 0.25) is 11.2 Å². The van der Waals surface area contributed by atoms with Gasteiger partial charge in [0, 0.05) is 21.2 Å². The molecule has 6 heteroatoms. The van der Waals surface area contributed by atoms with Gasteiger partial charge in [-0.2, -0.15) is 0 Å². The highest BCUT2D eigenvalue weighted by Crippen LogP contribution is 2.36. The highest BCUT2D eigenvalue weighted by atomic mass is 35.5. The molecule has 0 N–H and O–H groups in total. The molecule has 0 aliphatic heterocycles. The van der Waals surface area contributed by atoms with E-state index in [4.69, 9.17) is 44.0 Å². The molecule has 1 aromatic heterocycles. The summed E-state index contributed by atoms with van der Waals surface area (Å²) in [4.78, 5) is 13.4. The Labute approximate surface area is 188 Å². The van der Waals surface area contributed by atoms with Crippen LogP contribution in [0.2, 0.25) is 15.1 Å². The zero-order chi connectivity index (χ0) is 21.4. The lowest BCUT2D eigenvalue weighted by atomic mass is 10.0. The van der Waals surface area contributed by atoms with Crippen LogP contribution in [-0.2, 0) is 6.61 Å². The first-order valence-electron chi connectivity index (χ1n) is 9.25. The highest BCUT2D eigenvalue weighted by Gasteiger charge is 2.21. The van der Waals surface area contributed by atoms with Gasteiger partial charge in [-0.3, -0.25) is 4.79 Å². The first kappa shape index (κ1) is 20.8. The van der Waals surface area contributed by atoms with E-state index in [-0.39, 0.29) is 23.5 Å². The van der Waals surface area contributed by atoms with Gasteiger partial charge in [-0.25, -0.2) is 0 Å². The van der Waals surface area contributed by atoms with Crippen molar-refractivity contribution in [3.05, 3.63) is 96.6 Å². The van der Waals surface area contributed by atoms with E-state index in [0.717, 1.165) is 11.1 Å². The average molecular weight is 460 g/mol. The van der Waals surface area contributed by atoms with Gasteiger partial charge in [0.05, 0.1) is 10.4 Å². The maximum Gasteiger partial charge on any atom is 0.235 e. The molecule has 0 spiro atoms. The summed E-state index contributed by atoms with van der Waals surface area (Å²) in [7, 11) is 0. The molecule has 4 aromatic rings. The molecule has 3 aromatic carbocycles. The van der Waals surface area contributed by atoms with E-state index in [1.165, 1.54) is 0 Å². The lowest BCUT2D eigenvalue weighted by molar-refractivity contribution is 0.298. The summed E-state index contributed by atoms with van der Waals surface area (Å²) in [5.74, 6) is 0.377. The second-order valence-electron chi connectivity index (χ2n) is 7.05. The van der Waals surface area contributed by atoms with Crippen LogP contribution in [0.4, 0.5) is 0 Å². The maximum absolute atomic E-state index is 13.4. The molecule has 0 fully saturated rings. The average Bonchev–Trinajstić information content (AvgIpc) is 2.68. The summed E-state index contributed by atoms with van der Waals surface area (Å²) in [6.45, 7) is 3.91. The molecule has 0 aliphatic rings. The molecule has 30 heavy (non-hydrogen) atoms. The van der Waals surface area contributed by atoms with E-state index in [0.29, 0.717) is 37.2 Å². The number of hydrogen-bond acceptors (Lipinski definition) is 3. The summed E-state index contributed by atoms with van der Waals surface area (Å²) in [5.41, 5.74) is 3.33. The number of halogens is 3. The van der Waals surface area contributed by atoms with Crippen molar-refractivity contribution >= 4 is 45.8 Å². The van der Waals surface area contributed by atoms with Crippen LogP contribution in [0.15, 0.2) is 63.8 Å². The minimum absolute atomic E-state index is 0.0780. The molecule has 0 aliphatic carbocycles. The first-order valence-corrected chi connectivity index (χ1v) is 10.4. The van der Waals surface area contributed by atoms with E-state index in [1.807, 2.05) is 38.1 Å². The van der Waals surface area contributed by atoms with Gasteiger partial charge in [0.25, 0.3) is 0 Å². The van der Waals surface area contributed by atoms with E-state index < -0.39 is 0 Å². The molecule has 0 radical (unpaired) electrons. The summed E-state index contributed by atoms with van der Waals surface area (Å²) in [5, 5.41) is 1.92. The Kier molecular flexibility index (Phi) is 5.79. The molecule has 1 heterocycles. The number of fused-ring (bicyclic) bond motifs is 1. The van der Waals surface area contributed by atoms with Crippen LogP contribution in [0.25, 0.3) is 22.3 Å². The van der Waals surface area contributed by atoms with Crippen molar-refractivity contribution in [2.24, 2.45) is 0 Å². The molecule has 152 valence electrons. The van der Waals surface area contributed by atoms with Crippen molar-refractivity contribution < 1.29 is 9.15 Å². The quantitative estimate of drug-likeness (QED) is 0.315. The fourth-order valence-corrected chi connectivity index (χ4v) is 4.10. The Balaban J connectivity index is 1.91. The van der Waals surface area contributed by atoms with Gasteiger partial charge in [-0.15, -0.1) is 0 Å². The maximum atomic E-state index is 13.4. The second-order valence-corrected chi connectivity index (χ2v) is 8.30. The van der Waals surface area contributed by atoms with Gasteiger partial charge >= 0.3 is 0 Å². The summed E-state index contributed by atoms with van der Waals surface area (Å²) < 4.78 is 12.2. The number of ether oxygens (including phenoxy) is 1. The van der Waals surface area contributed by atoms with Crippen molar-refractivity contribution in [3.63, 3.8) is 0 Å². The Morgan fingerprint density at radius 3 is 2.43 bits per heavy atom. The van der Waals surface area contributed by atoms with Crippen molar-refractivity contribution in [3.8, 4) is 17.1 Å². The van der Waals surface area contributed by atoms with Gasteiger partial charge in [0.1, 0.15) is 12.2 Å². The third-order valence-electron chi connectivity index (χ3n) is 4.80.